The van der Waals surface area contributed by atoms with E-state index in [1.807, 2.05) is 12.1 Å². The molecule has 6 heteroatoms. The first-order chi connectivity index (χ1) is 14.7. The van der Waals surface area contributed by atoms with E-state index in [1.54, 1.807) is 12.1 Å². The van der Waals surface area contributed by atoms with Crippen LogP contribution in [0, 0.1) is 23.4 Å². The van der Waals surface area contributed by atoms with Crippen LogP contribution in [-0.4, -0.2) is 0 Å². The van der Waals surface area contributed by atoms with Gasteiger partial charge in [0.1, 0.15) is 23.0 Å². The molecule has 3 aromatic rings. The average molecular weight is 436 g/mol. The van der Waals surface area contributed by atoms with E-state index in [0.29, 0.717) is 23.4 Å². The van der Waals surface area contributed by atoms with Crippen LogP contribution in [-0.2, 0) is 6.18 Å². The topological polar surface area (TPSA) is 0 Å². The van der Waals surface area contributed by atoms with Crippen molar-refractivity contribution in [2.75, 3.05) is 0 Å². The van der Waals surface area contributed by atoms with Gasteiger partial charge in [0.05, 0.1) is 0 Å². The third-order valence-corrected chi connectivity index (χ3v) is 6.51. The molecule has 0 radical (unpaired) electrons. The Morgan fingerprint density at radius 2 is 1.48 bits per heavy atom. The molecule has 4 rings (SSSR count). The summed E-state index contributed by atoms with van der Waals surface area (Å²) in [6.07, 6.45) is 0.559. The monoisotopic (exact) mass is 436 g/mol. The van der Waals surface area contributed by atoms with Crippen molar-refractivity contribution >= 4 is 10.8 Å². The van der Waals surface area contributed by atoms with Crippen LogP contribution in [0.25, 0.3) is 21.9 Å². The molecule has 0 heterocycles. The van der Waals surface area contributed by atoms with E-state index < -0.39 is 29.2 Å². The molecular formula is C25H22F6. The molecule has 1 fully saturated rings. The lowest BCUT2D eigenvalue weighted by Crippen LogP contribution is -2.12. The van der Waals surface area contributed by atoms with E-state index in [0.717, 1.165) is 24.3 Å². The molecule has 1 aliphatic rings. The highest BCUT2D eigenvalue weighted by atomic mass is 19.4. The third-order valence-electron chi connectivity index (χ3n) is 6.51. The number of hydrogen-bond donors (Lipinski definition) is 0. The van der Waals surface area contributed by atoms with Gasteiger partial charge in [-0.25, -0.2) is 13.2 Å². The van der Waals surface area contributed by atoms with Gasteiger partial charge in [0.15, 0.2) is 0 Å². The summed E-state index contributed by atoms with van der Waals surface area (Å²) >= 11 is 0. The summed E-state index contributed by atoms with van der Waals surface area (Å²) in [6.45, 7) is 2.20. The first-order valence-electron chi connectivity index (χ1n) is 10.5. The van der Waals surface area contributed by atoms with Crippen molar-refractivity contribution in [3.8, 4) is 11.1 Å². The highest BCUT2D eigenvalue weighted by Crippen LogP contribution is 2.40. The molecule has 164 valence electrons. The quantitative estimate of drug-likeness (QED) is 0.361. The van der Waals surface area contributed by atoms with E-state index in [9.17, 15) is 22.0 Å². The highest BCUT2D eigenvalue weighted by molar-refractivity contribution is 5.89. The Morgan fingerprint density at radius 1 is 0.839 bits per heavy atom. The van der Waals surface area contributed by atoms with Gasteiger partial charge in [-0.05, 0) is 66.2 Å². The van der Waals surface area contributed by atoms with Crippen molar-refractivity contribution in [2.45, 2.75) is 51.1 Å². The molecule has 0 aromatic heterocycles. The van der Waals surface area contributed by atoms with Crippen LogP contribution < -0.4 is 0 Å². The van der Waals surface area contributed by atoms with Crippen LogP contribution in [0.15, 0.2) is 42.5 Å². The fourth-order valence-corrected chi connectivity index (χ4v) is 4.69. The molecule has 0 bridgehead atoms. The van der Waals surface area contributed by atoms with Crippen molar-refractivity contribution in [1.29, 1.82) is 0 Å². The van der Waals surface area contributed by atoms with Crippen molar-refractivity contribution in [3.63, 3.8) is 0 Å². The molecule has 1 aliphatic carbocycles. The third kappa shape index (κ3) is 4.17. The van der Waals surface area contributed by atoms with Gasteiger partial charge in [-0.3, -0.25) is 0 Å². The van der Waals surface area contributed by atoms with E-state index >= 15 is 4.39 Å². The predicted octanol–water partition coefficient (Wildman–Crippen LogP) is 8.63. The fourth-order valence-electron chi connectivity index (χ4n) is 4.69. The number of halogens is 6. The lowest BCUT2D eigenvalue weighted by molar-refractivity contribution is -0.142. The zero-order chi connectivity index (χ0) is 22.3. The van der Waals surface area contributed by atoms with Crippen LogP contribution in [0.5, 0.6) is 0 Å². The van der Waals surface area contributed by atoms with Crippen LogP contribution in [0.2, 0.25) is 0 Å². The molecule has 0 nitrogen and oxygen atoms in total. The van der Waals surface area contributed by atoms with Gasteiger partial charge in [-0.1, -0.05) is 43.7 Å². The maximum Gasteiger partial charge on any atom is 0.422 e. The second kappa shape index (κ2) is 8.21. The first kappa shape index (κ1) is 21.7. The smallest absolute Gasteiger partial charge is 0.206 e. The van der Waals surface area contributed by atoms with Gasteiger partial charge in [-0.15, -0.1) is 0 Å². The van der Waals surface area contributed by atoms with Gasteiger partial charge in [0.2, 0.25) is 0 Å². The van der Waals surface area contributed by atoms with E-state index in [4.69, 9.17) is 0 Å². The van der Waals surface area contributed by atoms with E-state index in [1.165, 1.54) is 25.3 Å². The number of hydrogen-bond acceptors (Lipinski definition) is 0. The van der Waals surface area contributed by atoms with Gasteiger partial charge in [0.25, 0.3) is 0 Å². The minimum absolute atomic E-state index is 0.143. The fraction of sp³-hybridized carbons (Fsp3) is 0.360. The van der Waals surface area contributed by atoms with Crippen LogP contribution in [0.3, 0.4) is 0 Å². The standard InChI is InChI=1S/C25H22F6/c1-2-14-3-5-15(6-4-14)16-7-9-19-17(11-16)8-10-20(24(19)28)18-12-21(26)23(22(27)13-18)25(29,30)31/h7-15H,2-6H2,1H3. The van der Waals surface area contributed by atoms with Crippen LogP contribution >= 0.6 is 0 Å². The Morgan fingerprint density at radius 3 is 2.06 bits per heavy atom. The molecule has 31 heavy (non-hydrogen) atoms. The summed E-state index contributed by atoms with van der Waals surface area (Å²) in [4.78, 5) is 0. The van der Waals surface area contributed by atoms with Crippen molar-refractivity contribution in [1.82, 2.24) is 0 Å². The summed E-state index contributed by atoms with van der Waals surface area (Å²) in [5.74, 6) is -3.05. The van der Waals surface area contributed by atoms with Crippen LogP contribution in [0.4, 0.5) is 26.3 Å². The molecule has 0 amide bonds. The minimum Gasteiger partial charge on any atom is -0.206 e. The average Bonchev–Trinajstić information content (AvgIpc) is 2.72. The van der Waals surface area contributed by atoms with Crippen molar-refractivity contribution < 1.29 is 26.3 Å². The maximum atomic E-state index is 15.2. The van der Waals surface area contributed by atoms with Gasteiger partial charge >= 0.3 is 6.18 Å². The lowest BCUT2D eigenvalue weighted by atomic mass is 9.77. The largest absolute Gasteiger partial charge is 0.422 e. The summed E-state index contributed by atoms with van der Waals surface area (Å²) in [6, 6.07) is 9.51. The molecule has 0 aliphatic heterocycles. The Balaban J connectivity index is 1.69. The molecule has 1 saturated carbocycles. The van der Waals surface area contributed by atoms with E-state index in [2.05, 4.69) is 6.92 Å². The highest BCUT2D eigenvalue weighted by Gasteiger charge is 2.38. The lowest BCUT2D eigenvalue weighted by Gasteiger charge is -2.28. The molecule has 3 aromatic carbocycles. The molecular weight excluding hydrogens is 414 g/mol. The zero-order valence-electron chi connectivity index (χ0n) is 17.0. The Kier molecular flexibility index (Phi) is 5.75. The zero-order valence-corrected chi connectivity index (χ0v) is 17.0. The van der Waals surface area contributed by atoms with Crippen molar-refractivity contribution in [3.05, 3.63) is 71.0 Å². The summed E-state index contributed by atoms with van der Waals surface area (Å²) in [5, 5.41) is 0.924. The molecule has 0 atom stereocenters. The maximum absolute atomic E-state index is 15.2. The normalized spacial score (nSPS) is 19.7. The minimum atomic E-state index is -5.17. The molecule has 0 unspecified atom stereocenters. The summed E-state index contributed by atoms with van der Waals surface area (Å²) < 4.78 is 81.5. The van der Waals surface area contributed by atoms with Crippen LogP contribution in [0.1, 0.15) is 56.1 Å². The summed E-state index contributed by atoms with van der Waals surface area (Å²) in [7, 11) is 0. The summed E-state index contributed by atoms with van der Waals surface area (Å²) in [5.41, 5.74) is -1.25. The van der Waals surface area contributed by atoms with E-state index in [-0.39, 0.29) is 16.5 Å². The molecule has 0 saturated heterocycles. The Bertz CT molecular complexity index is 1080. The van der Waals surface area contributed by atoms with Crippen molar-refractivity contribution in [2.24, 2.45) is 5.92 Å². The first-order valence-corrected chi connectivity index (χ1v) is 10.5. The number of rotatable bonds is 3. The van der Waals surface area contributed by atoms with Gasteiger partial charge in [-0.2, -0.15) is 13.2 Å². The van der Waals surface area contributed by atoms with Gasteiger partial charge in [0, 0.05) is 10.9 Å². The SMILES string of the molecule is CCC1CCC(c2ccc3c(F)c(-c4cc(F)c(C(F)(F)F)c(F)c4)ccc3c2)CC1. The number of alkyl halides is 3. The number of fused-ring (bicyclic) bond motifs is 1. The molecule has 0 N–H and O–H groups in total. The second-order valence-electron chi connectivity index (χ2n) is 8.35. The van der Waals surface area contributed by atoms with Gasteiger partial charge < -0.3 is 0 Å². The second-order valence-corrected chi connectivity index (χ2v) is 8.35. The number of benzene rings is 3. The Labute approximate surface area is 176 Å². The Hall–Kier alpha value is -2.50. The predicted molar refractivity (Wildman–Crippen MR) is 109 cm³/mol. The molecule has 0 spiro atoms.